The summed E-state index contributed by atoms with van der Waals surface area (Å²) in [5, 5.41) is 0. The summed E-state index contributed by atoms with van der Waals surface area (Å²) < 4.78 is 65.4. The number of hydrogen-bond acceptors (Lipinski definition) is 3. The third-order valence-corrected chi connectivity index (χ3v) is 5.90. The topological polar surface area (TPSA) is 57.7 Å². The van der Waals surface area contributed by atoms with Gasteiger partial charge in [0.1, 0.15) is 0 Å². The predicted molar refractivity (Wildman–Crippen MR) is 82.5 cm³/mol. The molecule has 1 aliphatic rings. The normalized spacial score (nSPS) is 16.4. The number of carbonyl (C=O) groups is 1. The lowest BCUT2D eigenvalue weighted by Crippen LogP contribution is -2.51. The van der Waals surface area contributed by atoms with Crippen LogP contribution in [0.3, 0.4) is 0 Å². The van der Waals surface area contributed by atoms with Crippen LogP contribution in [-0.2, 0) is 10.0 Å². The first kappa shape index (κ1) is 18.7. The van der Waals surface area contributed by atoms with E-state index in [0.717, 1.165) is 12.5 Å². The molecule has 1 heterocycles. The van der Waals surface area contributed by atoms with Crippen molar-refractivity contribution in [3.63, 3.8) is 0 Å². The molecule has 0 aliphatic carbocycles. The van der Waals surface area contributed by atoms with Gasteiger partial charge in [0, 0.05) is 26.2 Å². The van der Waals surface area contributed by atoms with E-state index in [2.05, 4.69) is 0 Å². The van der Waals surface area contributed by atoms with Crippen LogP contribution < -0.4 is 0 Å². The van der Waals surface area contributed by atoms with Gasteiger partial charge in [-0.1, -0.05) is 13.3 Å². The SMILES string of the molecule is CCCCS(=O)(=O)N1CCN(C(=O)c2ccc(F)c(F)c2F)CC1. The molecular formula is C15H19F3N2O3S. The van der Waals surface area contributed by atoms with Crippen molar-refractivity contribution in [1.82, 2.24) is 9.21 Å². The largest absolute Gasteiger partial charge is 0.336 e. The Morgan fingerprint density at radius 2 is 1.71 bits per heavy atom. The Labute approximate surface area is 139 Å². The molecular weight excluding hydrogens is 345 g/mol. The highest BCUT2D eigenvalue weighted by Gasteiger charge is 2.30. The van der Waals surface area contributed by atoms with E-state index in [1.165, 1.54) is 9.21 Å². The third-order valence-electron chi connectivity index (χ3n) is 3.94. The fourth-order valence-corrected chi connectivity index (χ4v) is 4.12. The molecule has 0 bridgehead atoms. The van der Waals surface area contributed by atoms with Crippen molar-refractivity contribution in [3.8, 4) is 0 Å². The Hall–Kier alpha value is -1.61. The first-order valence-electron chi connectivity index (χ1n) is 7.68. The number of sulfonamides is 1. The molecule has 24 heavy (non-hydrogen) atoms. The van der Waals surface area contributed by atoms with Crippen molar-refractivity contribution < 1.29 is 26.4 Å². The zero-order valence-corrected chi connectivity index (χ0v) is 14.1. The molecule has 5 nitrogen and oxygen atoms in total. The molecule has 2 rings (SSSR count). The summed E-state index contributed by atoms with van der Waals surface area (Å²) in [5.41, 5.74) is -0.559. The van der Waals surface area contributed by atoms with E-state index in [9.17, 15) is 26.4 Å². The fraction of sp³-hybridized carbons (Fsp3) is 0.533. The van der Waals surface area contributed by atoms with Crippen LogP contribution in [0.25, 0.3) is 0 Å². The minimum Gasteiger partial charge on any atom is -0.336 e. The van der Waals surface area contributed by atoms with Gasteiger partial charge in [-0.15, -0.1) is 0 Å². The van der Waals surface area contributed by atoms with Crippen molar-refractivity contribution in [2.24, 2.45) is 0 Å². The van der Waals surface area contributed by atoms with E-state index < -0.39 is 38.9 Å². The first-order chi connectivity index (χ1) is 11.3. The second-order valence-electron chi connectivity index (χ2n) is 5.58. The van der Waals surface area contributed by atoms with Crippen LogP contribution in [0, 0.1) is 17.5 Å². The van der Waals surface area contributed by atoms with Gasteiger partial charge in [-0.05, 0) is 18.6 Å². The summed E-state index contributed by atoms with van der Waals surface area (Å²) in [5.74, 6) is -5.32. The summed E-state index contributed by atoms with van der Waals surface area (Å²) in [7, 11) is -3.37. The molecule has 1 aromatic carbocycles. The van der Waals surface area contributed by atoms with E-state index in [0.29, 0.717) is 12.5 Å². The maximum atomic E-state index is 13.7. The quantitative estimate of drug-likeness (QED) is 0.751. The van der Waals surface area contributed by atoms with E-state index in [1.54, 1.807) is 0 Å². The maximum Gasteiger partial charge on any atom is 0.257 e. The molecule has 1 aliphatic heterocycles. The predicted octanol–water partition coefficient (Wildman–Crippen LogP) is 1.99. The van der Waals surface area contributed by atoms with Crippen molar-refractivity contribution in [2.75, 3.05) is 31.9 Å². The van der Waals surface area contributed by atoms with E-state index >= 15 is 0 Å². The average Bonchev–Trinajstić information content (AvgIpc) is 2.57. The Morgan fingerprint density at radius 3 is 2.29 bits per heavy atom. The van der Waals surface area contributed by atoms with Crippen LogP contribution in [0.5, 0.6) is 0 Å². The third kappa shape index (κ3) is 3.89. The second kappa shape index (κ2) is 7.52. The van der Waals surface area contributed by atoms with E-state index in [4.69, 9.17) is 0 Å². The highest BCUT2D eigenvalue weighted by atomic mass is 32.2. The molecule has 0 radical (unpaired) electrons. The summed E-state index contributed by atoms with van der Waals surface area (Å²) >= 11 is 0. The first-order valence-corrected chi connectivity index (χ1v) is 9.29. The fourth-order valence-electron chi connectivity index (χ4n) is 2.49. The van der Waals surface area contributed by atoms with Gasteiger partial charge in [0.25, 0.3) is 5.91 Å². The van der Waals surface area contributed by atoms with Crippen molar-refractivity contribution in [2.45, 2.75) is 19.8 Å². The number of nitrogens with zero attached hydrogens (tertiary/aromatic N) is 2. The number of piperazine rings is 1. The van der Waals surface area contributed by atoms with Gasteiger partial charge in [-0.3, -0.25) is 4.79 Å². The molecule has 0 unspecified atom stereocenters. The van der Waals surface area contributed by atoms with Crippen LogP contribution in [-0.4, -0.2) is 55.5 Å². The van der Waals surface area contributed by atoms with Gasteiger partial charge in [-0.25, -0.2) is 21.6 Å². The lowest BCUT2D eigenvalue weighted by molar-refractivity contribution is 0.0691. The van der Waals surface area contributed by atoms with E-state index in [-0.39, 0.29) is 31.9 Å². The Bertz CT molecular complexity index is 717. The Kier molecular flexibility index (Phi) is 5.87. The van der Waals surface area contributed by atoms with Gasteiger partial charge in [-0.2, -0.15) is 4.31 Å². The number of rotatable bonds is 5. The molecule has 1 aromatic rings. The molecule has 0 aromatic heterocycles. The number of hydrogen-bond donors (Lipinski definition) is 0. The zero-order chi connectivity index (χ0) is 17.9. The smallest absolute Gasteiger partial charge is 0.257 e. The number of halogens is 3. The molecule has 1 fully saturated rings. The Balaban J connectivity index is 2.05. The molecule has 9 heteroatoms. The molecule has 134 valence electrons. The van der Waals surface area contributed by atoms with Crippen LogP contribution >= 0.6 is 0 Å². The van der Waals surface area contributed by atoms with Gasteiger partial charge >= 0.3 is 0 Å². The molecule has 0 N–H and O–H groups in total. The zero-order valence-electron chi connectivity index (χ0n) is 13.3. The van der Waals surface area contributed by atoms with E-state index in [1.807, 2.05) is 6.92 Å². The van der Waals surface area contributed by atoms with Crippen molar-refractivity contribution in [3.05, 3.63) is 35.1 Å². The van der Waals surface area contributed by atoms with Crippen LogP contribution in [0.1, 0.15) is 30.1 Å². The molecule has 1 saturated heterocycles. The molecule has 0 atom stereocenters. The number of benzene rings is 1. The number of carbonyl (C=O) groups excluding carboxylic acids is 1. The lowest BCUT2D eigenvalue weighted by Gasteiger charge is -2.34. The van der Waals surface area contributed by atoms with Gasteiger partial charge in [0.15, 0.2) is 17.5 Å². The van der Waals surface area contributed by atoms with Crippen LogP contribution in [0.2, 0.25) is 0 Å². The lowest BCUT2D eigenvalue weighted by atomic mass is 10.1. The molecule has 0 saturated carbocycles. The highest BCUT2D eigenvalue weighted by molar-refractivity contribution is 7.89. The number of unbranched alkanes of at least 4 members (excludes halogenated alkanes) is 1. The summed E-state index contributed by atoms with van der Waals surface area (Å²) in [6.45, 7) is 2.24. The monoisotopic (exact) mass is 364 g/mol. The van der Waals surface area contributed by atoms with Gasteiger partial charge < -0.3 is 4.90 Å². The summed E-state index contributed by atoms with van der Waals surface area (Å²) in [4.78, 5) is 13.5. The molecule has 0 spiro atoms. The average molecular weight is 364 g/mol. The standard InChI is InChI=1S/C15H19F3N2O3S/c1-2-3-10-24(22,23)20-8-6-19(7-9-20)15(21)11-4-5-12(16)14(18)13(11)17/h4-5H,2-3,6-10H2,1H3. The second-order valence-corrected chi connectivity index (χ2v) is 7.67. The maximum absolute atomic E-state index is 13.7. The Morgan fingerprint density at radius 1 is 1.08 bits per heavy atom. The van der Waals surface area contributed by atoms with Crippen molar-refractivity contribution >= 4 is 15.9 Å². The van der Waals surface area contributed by atoms with Crippen LogP contribution in [0.15, 0.2) is 12.1 Å². The summed E-state index contributed by atoms with van der Waals surface area (Å²) in [6, 6.07) is 1.58. The molecule has 1 amide bonds. The number of amides is 1. The van der Waals surface area contributed by atoms with Gasteiger partial charge in [0.2, 0.25) is 10.0 Å². The minimum atomic E-state index is -3.37. The van der Waals surface area contributed by atoms with Gasteiger partial charge in [0.05, 0.1) is 11.3 Å². The van der Waals surface area contributed by atoms with Crippen LogP contribution in [0.4, 0.5) is 13.2 Å². The highest BCUT2D eigenvalue weighted by Crippen LogP contribution is 2.18. The van der Waals surface area contributed by atoms with Crippen molar-refractivity contribution in [1.29, 1.82) is 0 Å². The minimum absolute atomic E-state index is 0.0508. The summed E-state index contributed by atoms with van der Waals surface area (Å²) in [6.07, 6.45) is 1.31.